The van der Waals surface area contributed by atoms with Gasteiger partial charge in [0.25, 0.3) is 0 Å². The predicted molar refractivity (Wildman–Crippen MR) is 78.2 cm³/mol. The van der Waals surface area contributed by atoms with Gasteiger partial charge in [0.1, 0.15) is 5.82 Å². The Morgan fingerprint density at radius 1 is 1.43 bits per heavy atom. The molecule has 0 aliphatic carbocycles. The summed E-state index contributed by atoms with van der Waals surface area (Å²) < 4.78 is 13.6. The standard InChI is InChI=1S/C16H20FNO3/c17-15-6-4-12(9-13(15)5-7-16(20)21)10-18-8-2-1-3-14(18)11-19/h4-7,9,14,19H,1-3,8,10-11H2,(H,20,21). The molecule has 0 aromatic heterocycles. The SMILES string of the molecule is O=C(O)C=Cc1cc(CN2CCCCC2CO)ccc1F. The lowest BCUT2D eigenvalue weighted by Crippen LogP contribution is -2.41. The van der Waals surface area contributed by atoms with Crippen molar-refractivity contribution in [2.45, 2.75) is 31.8 Å². The van der Waals surface area contributed by atoms with Crippen LogP contribution < -0.4 is 0 Å². The molecular formula is C16H20FNO3. The minimum absolute atomic E-state index is 0.132. The number of halogens is 1. The summed E-state index contributed by atoms with van der Waals surface area (Å²) in [5, 5.41) is 18.0. The zero-order valence-electron chi connectivity index (χ0n) is 11.8. The number of carboxylic acid groups (broad SMARTS) is 1. The molecule has 2 N–H and O–H groups in total. The molecule has 0 radical (unpaired) electrons. The molecule has 5 heteroatoms. The number of hydrogen-bond acceptors (Lipinski definition) is 3. The Balaban J connectivity index is 2.12. The summed E-state index contributed by atoms with van der Waals surface area (Å²) in [6.07, 6.45) is 5.39. The lowest BCUT2D eigenvalue weighted by molar-refractivity contribution is -0.131. The van der Waals surface area contributed by atoms with E-state index in [1.54, 1.807) is 12.1 Å². The molecule has 21 heavy (non-hydrogen) atoms. The summed E-state index contributed by atoms with van der Waals surface area (Å²) in [5.41, 5.74) is 1.19. The molecule has 4 nitrogen and oxygen atoms in total. The van der Waals surface area contributed by atoms with E-state index in [-0.39, 0.29) is 18.2 Å². The van der Waals surface area contributed by atoms with Gasteiger partial charge in [-0.15, -0.1) is 0 Å². The highest BCUT2D eigenvalue weighted by molar-refractivity contribution is 5.85. The van der Waals surface area contributed by atoms with Crippen molar-refractivity contribution in [3.8, 4) is 0 Å². The molecule has 1 atom stereocenters. The highest BCUT2D eigenvalue weighted by Crippen LogP contribution is 2.21. The smallest absolute Gasteiger partial charge is 0.328 e. The van der Waals surface area contributed by atoms with Crippen LogP contribution in [0.1, 0.15) is 30.4 Å². The fraction of sp³-hybridized carbons (Fsp3) is 0.438. The van der Waals surface area contributed by atoms with Crippen LogP contribution in [0.2, 0.25) is 0 Å². The Bertz CT molecular complexity index is 530. The zero-order chi connectivity index (χ0) is 15.2. The summed E-state index contributed by atoms with van der Waals surface area (Å²) in [6.45, 7) is 1.69. The third-order valence-electron chi connectivity index (χ3n) is 3.81. The quantitative estimate of drug-likeness (QED) is 0.818. The topological polar surface area (TPSA) is 60.8 Å². The second-order valence-electron chi connectivity index (χ2n) is 5.33. The number of aliphatic hydroxyl groups excluding tert-OH is 1. The normalized spacial score (nSPS) is 20.0. The summed E-state index contributed by atoms with van der Waals surface area (Å²) in [4.78, 5) is 12.7. The number of aliphatic carboxylic acids is 1. The Kier molecular flexibility index (Phi) is 5.47. The molecule has 1 heterocycles. The number of nitrogens with zero attached hydrogens (tertiary/aromatic N) is 1. The number of rotatable bonds is 5. The van der Waals surface area contributed by atoms with Gasteiger partial charge in [-0.3, -0.25) is 4.90 Å². The van der Waals surface area contributed by atoms with E-state index in [1.165, 1.54) is 12.1 Å². The molecule has 0 spiro atoms. The van der Waals surface area contributed by atoms with E-state index >= 15 is 0 Å². The lowest BCUT2D eigenvalue weighted by Gasteiger charge is -2.34. The van der Waals surface area contributed by atoms with E-state index in [1.807, 2.05) is 0 Å². The van der Waals surface area contributed by atoms with Crippen molar-refractivity contribution in [3.63, 3.8) is 0 Å². The fourth-order valence-electron chi connectivity index (χ4n) is 2.69. The molecule has 1 aliphatic rings. The fourth-order valence-corrected chi connectivity index (χ4v) is 2.69. The van der Waals surface area contributed by atoms with E-state index in [0.29, 0.717) is 6.54 Å². The molecule has 1 unspecified atom stereocenters. The molecule has 1 aromatic carbocycles. The first-order valence-electron chi connectivity index (χ1n) is 7.14. The van der Waals surface area contributed by atoms with Gasteiger partial charge in [-0.1, -0.05) is 12.5 Å². The maximum atomic E-state index is 13.6. The van der Waals surface area contributed by atoms with Crippen molar-refractivity contribution in [2.24, 2.45) is 0 Å². The van der Waals surface area contributed by atoms with Gasteiger partial charge in [-0.05, 0) is 43.2 Å². The van der Waals surface area contributed by atoms with E-state index in [2.05, 4.69) is 4.90 Å². The monoisotopic (exact) mass is 293 g/mol. The first-order chi connectivity index (χ1) is 10.1. The molecule has 0 bridgehead atoms. The number of piperidine rings is 1. The Morgan fingerprint density at radius 2 is 2.24 bits per heavy atom. The third kappa shape index (κ3) is 4.37. The first kappa shape index (κ1) is 15.7. The molecule has 2 rings (SSSR count). The van der Waals surface area contributed by atoms with Crippen molar-refractivity contribution in [2.75, 3.05) is 13.2 Å². The summed E-state index contributed by atoms with van der Waals surface area (Å²) in [7, 11) is 0. The van der Waals surface area contributed by atoms with Crippen molar-refractivity contribution in [1.82, 2.24) is 4.90 Å². The molecule has 1 aromatic rings. The van der Waals surface area contributed by atoms with E-state index in [9.17, 15) is 14.3 Å². The number of benzene rings is 1. The first-order valence-corrected chi connectivity index (χ1v) is 7.14. The molecule has 0 amide bonds. The van der Waals surface area contributed by atoms with Crippen LogP contribution in [0.4, 0.5) is 4.39 Å². The van der Waals surface area contributed by atoms with Gasteiger partial charge in [0, 0.05) is 24.2 Å². The number of carboxylic acids is 1. The van der Waals surface area contributed by atoms with Crippen LogP contribution in [0.3, 0.4) is 0 Å². The van der Waals surface area contributed by atoms with Gasteiger partial charge in [0.05, 0.1) is 6.61 Å². The van der Waals surface area contributed by atoms with Gasteiger partial charge in [0.2, 0.25) is 0 Å². The van der Waals surface area contributed by atoms with Crippen LogP contribution in [0.5, 0.6) is 0 Å². The van der Waals surface area contributed by atoms with E-state index < -0.39 is 11.8 Å². The highest BCUT2D eigenvalue weighted by atomic mass is 19.1. The Labute approximate surface area is 123 Å². The van der Waals surface area contributed by atoms with Crippen LogP contribution in [-0.4, -0.2) is 40.3 Å². The lowest BCUT2D eigenvalue weighted by atomic mass is 10.0. The van der Waals surface area contributed by atoms with Crippen molar-refractivity contribution in [1.29, 1.82) is 0 Å². The number of aliphatic hydroxyl groups is 1. The second kappa shape index (κ2) is 7.33. The summed E-state index contributed by atoms with van der Waals surface area (Å²) >= 11 is 0. The van der Waals surface area contributed by atoms with Crippen LogP contribution in [0.25, 0.3) is 6.08 Å². The second-order valence-corrected chi connectivity index (χ2v) is 5.33. The minimum Gasteiger partial charge on any atom is -0.478 e. The van der Waals surface area contributed by atoms with Gasteiger partial charge < -0.3 is 10.2 Å². The molecule has 0 saturated carbocycles. The average molecular weight is 293 g/mol. The van der Waals surface area contributed by atoms with Gasteiger partial charge in [-0.2, -0.15) is 0 Å². The van der Waals surface area contributed by atoms with Crippen LogP contribution >= 0.6 is 0 Å². The third-order valence-corrected chi connectivity index (χ3v) is 3.81. The number of likely N-dealkylation sites (tertiary alicyclic amines) is 1. The molecule has 1 fully saturated rings. The summed E-state index contributed by atoms with van der Waals surface area (Å²) in [6, 6.07) is 4.88. The van der Waals surface area contributed by atoms with Gasteiger partial charge in [0.15, 0.2) is 0 Å². The number of hydrogen-bond donors (Lipinski definition) is 2. The largest absolute Gasteiger partial charge is 0.478 e. The maximum absolute atomic E-state index is 13.6. The minimum atomic E-state index is -1.10. The highest BCUT2D eigenvalue weighted by Gasteiger charge is 2.21. The van der Waals surface area contributed by atoms with Gasteiger partial charge in [-0.25, -0.2) is 9.18 Å². The van der Waals surface area contributed by atoms with Crippen molar-refractivity contribution >= 4 is 12.0 Å². The summed E-state index contributed by atoms with van der Waals surface area (Å²) in [5.74, 6) is -1.54. The van der Waals surface area contributed by atoms with Crippen molar-refractivity contribution < 1.29 is 19.4 Å². The Hall–Kier alpha value is -1.72. The molecule has 114 valence electrons. The van der Waals surface area contributed by atoms with Crippen LogP contribution in [0.15, 0.2) is 24.3 Å². The molecule has 1 saturated heterocycles. The predicted octanol–water partition coefficient (Wildman–Crippen LogP) is 2.27. The maximum Gasteiger partial charge on any atom is 0.328 e. The van der Waals surface area contributed by atoms with Crippen molar-refractivity contribution in [3.05, 3.63) is 41.2 Å². The average Bonchev–Trinajstić information content (AvgIpc) is 2.48. The number of carbonyl (C=O) groups is 1. The van der Waals surface area contributed by atoms with E-state index in [0.717, 1.165) is 37.4 Å². The Morgan fingerprint density at radius 3 is 2.95 bits per heavy atom. The van der Waals surface area contributed by atoms with Crippen LogP contribution in [0, 0.1) is 5.82 Å². The molecular weight excluding hydrogens is 273 g/mol. The van der Waals surface area contributed by atoms with Gasteiger partial charge >= 0.3 is 5.97 Å². The van der Waals surface area contributed by atoms with Crippen LogP contribution in [-0.2, 0) is 11.3 Å². The molecule has 1 aliphatic heterocycles. The van der Waals surface area contributed by atoms with E-state index in [4.69, 9.17) is 5.11 Å². The zero-order valence-corrected chi connectivity index (χ0v) is 11.8.